The Hall–Kier alpha value is -5.50. The summed E-state index contributed by atoms with van der Waals surface area (Å²) in [5.74, 6) is 0.00621. The van der Waals surface area contributed by atoms with Crippen molar-refractivity contribution >= 4 is 33.4 Å². The van der Waals surface area contributed by atoms with Gasteiger partial charge in [0.2, 0.25) is 11.6 Å². The number of rotatable bonds is 0. The third-order valence-corrected chi connectivity index (χ3v) is 6.74. The zero-order valence-electron chi connectivity index (χ0n) is 19.7. The van der Waals surface area contributed by atoms with Crippen LogP contribution in [0, 0.1) is 0 Å². The van der Waals surface area contributed by atoms with E-state index in [1.165, 1.54) is 9.13 Å². The second kappa shape index (κ2) is 8.01. The Kier molecular flexibility index (Phi) is 4.58. The van der Waals surface area contributed by atoms with E-state index in [4.69, 9.17) is 0 Å². The first kappa shape index (κ1) is 21.8. The molecule has 0 amide bonds. The number of aromatic nitrogens is 4. The first-order valence-electron chi connectivity index (χ1n) is 11.9. The minimum absolute atomic E-state index is 0.195. The SMILES string of the molecule is O=C1c2ccccc2-n2c1nc1ccccc1c2=O.O=C1c2ccccc2-n2c1nc1ccccc1c2=O. The number of carbonyl (C=O) groups excluding carboxylic acids is 2. The average Bonchev–Trinajstić information content (AvgIpc) is 3.41. The molecule has 0 unspecified atom stereocenters. The fourth-order valence-corrected chi connectivity index (χ4v) is 4.98. The van der Waals surface area contributed by atoms with Crippen molar-refractivity contribution in [1.29, 1.82) is 0 Å². The summed E-state index contributed by atoms with van der Waals surface area (Å²) in [4.78, 5) is 58.2. The molecule has 2 aliphatic rings. The summed E-state index contributed by atoms with van der Waals surface area (Å²) in [6.45, 7) is 0. The van der Waals surface area contributed by atoms with E-state index in [-0.39, 0.29) is 34.3 Å². The van der Waals surface area contributed by atoms with Crippen LogP contribution in [0.2, 0.25) is 0 Å². The van der Waals surface area contributed by atoms with Gasteiger partial charge in [-0.1, -0.05) is 48.5 Å². The number of fused-ring (bicyclic) bond motifs is 8. The summed E-state index contributed by atoms with van der Waals surface area (Å²) in [6, 6.07) is 28.3. The van der Waals surface area contributed by atoms with E-state index in [9.17, 15) is 19.2 Å². The predicted octanol–water partition coefficient (Wildman–Crippen LogP) is 3.86. The third-order valence-electron chi connectivity index (χ3n) is 6.74. The van der Waals surface area contributed by atoms with Crippen molar-refractivity contribution in [2.24, 2.45) is 0 Å². The number of benzene rings is 4. The van der Waals surface area contributed by atoms with Gasteiger partial charge in [0.15, 0.2) is 11.6 Å². The molecule has 0 spiro atoms. The Balaban J connectivity index is 0.000000127. The van der Waals surface area contributed by atoms with Crippen molar-refractivity contribution in [2.45, 2.75) is 0 Å². The molecule has 2 aromatic heterocycles. The number of para-hydroxylation sites is 4. The molecule has 4 aromatic carbocycles. The van der Waals surface area contributed by atoms with Crippen molar-refractivity contribution in [3.05, 3.63) is 141 Å². The number of ketones is 2. The van der Waals surface area contributed by atoms with E-state index in [1.54, 1.807) is 84.9 Å². The van der Waals surface area contributed by atoms with Gasteiger partial charge in [0.1, 0.15) is 0 Å². The predicted molar refractivity (Wildman–Crippen MR) is 142 cm³/mol. The topological polar surface area (TPSA) is 104 Å². The molecule has 8 rings (SSSR count). The van der Waals surface area contributed by atoms with Crippen LogP contribution < -0.4 is 11.1 Å². The maximum Gasteiger partial charge on any atom is 0.266 e. The summed E-state index contributed by atoms with van der Waals surface area (Å²) in [7, 11) is 0. The van der Waals surface area contributed by atoms with Gasteiger partial charge in [0.05, 0.1) is 44.3 Å². The summed E-state index contributed by atoms with van der Waals surface area (Å²) in [6.07, 6.45) is 0. The lowest BCUT2D eigenvalue weighted by Gasteiger charge is -2.04. The first-order chi connectivity index (χ1) is 18.5. The van der Waals surface area contributed by atoms with Gasteiger partial charge < -0.3 is 0 Å². The van der Waals surface area contributed by atoms with Gasteiger partial charge in [0, 0.05) is 0 Å². The van der Waals surface area contributed by atoms with Crippen LogP contribution >= 0.6 is 0 Å². The van der Waals surface area contributed by atoms with Crippen molar-refractivity contribution in [3.63, 3.8) is 0 Å². The summed E-state index contributed by atoms with van der Waals surface area (Å²) in [5, 5.41) is 1.05. The molecule has 0 aliphatic carbocycles. The van der Waals surface area contributed by atoms with Crippen LogP contribution in [0.1, 0.15) is 32.4 Å². The molecular formula is C30H16N4O4. The maximum absolute atomic E-state index is 12.5. The minimum atomic E-state index is -0.196. The molecule has 2 aliphatic heterocycles. The summed E-state index contributed by atoms with van der Waals surface area (Å²) in [5.41, 5.74) is 3.01. The fourth-order valence-electron chi connectivity index (χ4n) is 4.98. The standard InChI is InChI=1S/2C15H8N2O2/c2*18-13-10-6-2-4-8-12(10)17-14(13)16-11-7-3-1-5-9(11)15(17)19/h2*1-8H. The van der Waals surface area contributed by atoms with Crippen LogP contribution in [0.3, 0.4) is 0 Å². The molecule has 0 fully saturated rings. The lowest BCUT2D eigenvalue weighted by atomic mass is 10.1. The molecule has 8 heteroatoms. The van der Waals surface area contributed by atoms with Gasteiger partial charge in [-0.05, 0) is 48.5 Å². The molecule has 180 valence electrons. The molecule has 0 radical (unpaired) electrons. The molecular weight excluding hydrogens is 480 g/mol. The van der Waals surface area contributed by atoms with Crippen LogP contribution in [0.4, 0.5) is 0 Å². The monoisotopic (exact) mass is 496 g/mol. The summed E-state index contributed by atoms with van der Waals surface area (Å²) >= 11 is 0. The molecule has 0 atom stereocenters. The highest BCUT2D eigenvalue weighted by molar-refractivity contribution is 6.14. The molecule has 4 heterocycles. The molecule has 6 aromatic rings. The molecule has 8 nitrogen and oxygen atoms in total. The highest BCUT2D eigenvalue weighted by Gasteiger charge is 2.30. The average molecular weight is 496 g/mol. The molecule has 0 N–H and O–H groups in total. The van der Waals surface area contributed by atoms with Gasteiger partial charge in [0.25, 0.3) is 11.1 Å². The fraction of sp³-hybridized carbons (Fsp3) is 0. The van der Waals surface area contributed by atoms with E-state index in [0.29, 0.717) is 44.3 Å². The Bertz CT molecular complexity index is 1970. The molecule has 0 bridgehead atoms. The Labute approximate surface area is 214 Å². The van der Waals surface area contributed by atoms with Crippen LogP contribution in [0.25, 0.3) is 33.2 Å². The van der Waals surface area contributed by atoms with Gasteiger partial charge in [-0.2, -0.15) is 0 Å². The lowest BCUT2D eigenvalue weighted by Crippen LogP contribution is -2.21. The van der Waals surface area contributed by atoms with Crippen molar-refractivity contribution < 1.29 is 9.59 Å². The molecule has 0 saturated carbocycles. The number of carbonyl (C=O) groups is 2. The van der Waals surface area contributed by atoms with E-state index >= 15 is 0 Å². The quantitative estimate of drug-likeness (QED) is 0.316. The Morgan fingerprint density at radius 3 is 1.26 bits per heavy atom. The van der Waals surface area contributed by atoms with Gasteiger partial charge in [-0.15, -0.1) is 0 Å². The molecule has 38 heavy (non-hydrogen) atoms. The van der Waals surface area contributed by atoms with E-state index < -0.39 is 0 Å². The second-order valence-electron chi connectivity index (χ2n) is 8.88. The van der Waals surface area contributed by atoms with Crippen molar-refractivity contribution in [1.82, 2.24) is 19.1 Å². The highest BCUT2D eigenvalue weighted by Crippen LogP contribution is 2.26. The van der Waals surface area contributed by atoms with E-state index in [1.807, 2.05) is 12.1 Å². The van der Waals surface area contributed by atoms with Gasteiger partial charge in [-0.25, -0.2) is 9.97 Å². The van der Waals surface area contributed by atoms with E-state index in [2.05, 4.69) is 9.97 Å². The summed E-state index contributed by atoms with van der Waals surface area (Å²) < 4.78 is 2.81. The largest absolute Gasteiger partial charge is 0.285 e. The minimum Gasteiger partial charge on any atom is -0.285 e. The number of hydrogen-bond acceptors (Lipinski definition) is 6. The number of hydrogen-bond donors (Lipinski definition) is 0. The van der Waals surface area contributed by atoms with Crippen molar-refractivity contribution in [2.75, 3.05) is 0 Å². The van der Waals surface area contributed by atoms with Crippen LogP contribution in [0.15, 0.2) is 107 Å². The first-order valence-corrected chi connectivity index (χ1v) is 11.9. The van der Waals surface area contributed by atoms with Crippen LogP contribution in [0.5, 0.6) is 0 Å². The molecule has 0 saturated heterocycles. The second-order valence-corrected chi connectivity index (χ2v) is 8.88. The smallest absolute Gasteiger partial charge is 0.266 e. The number of nitrogens with zero attached hydrogens (tertiary/aromatic N) is 4. The highest BCUT2D eigenvalue weighted by atomic mass is 16.2. The van der Waals surface area contributed by atoms with Crippen LogP contribution in [-0.4, -0.2) is 30.7 Å². The Morgan fingerprint density at radius 2 is 0.816 bits per heavy atom. The van der Waals surface area contributed by atoms with Crippen molar-refractivity contribution in [3.8, 4) is 11.4 Å². The maximum atomic E-state index is 12.5. The van der Waals surface area contributed by atoms with Crippen LogP contribution in [-0.2, 0) is 0 Å². The van der Waals surface area contributed by atoms with Gasteiger partial charge in [-0.3, -0.25) is 28.3 Å². The zero-order valence-corrected chi connectivity index (χ0v) is 19.7. The Morgan fingerprint density at radius 1 is 0.447 bits per heavy atom. The lowest BCUT2D eigenvalue weighted by molar-refractivity contribution is 0.102. The third kappa shape index (κ3) is 2.97. The zero-order chi connectivity index (χ0) is 26.0. The normalized spacial score (nSPS) is 12.5. The van der Waals surface area contributed by atoms with Gasteiger partial charge >= 0.3 is 0 Å². The van der Waals surface area contributed by atoms with E-state index in [0.717, 1.165) is 0 Å².